The van der Waals surface area contributed by atoms with Crippen molar-refractivity contribution in [3.05, 3.63) is 62.4 Å². The second-order valence-electron chi connectivity index (χ2n) is 4.25. The van der Waals surface area contributed by atoms with E-state index in [4.69, 9.17) is 5.73 Å². The number of anilines is 1. The molecule has 0 saturated heterocycles. The molecule has 0 fully saturated rings. The van der Waals surface area contributed by atoms with Crippen LogP contribution in [-0.2, 0) is 16.6 Å². The van der Waals surface area contributed by atoms with Gasteiger partial charge in [-0.2, -0.15) is 0 Å². The van der Waals surface area contributed by atoms with Crippen molar-refractivity contribution in [3.8, 4) is 0 Å². The Hall–Kier alpha value is -1.80. The van der Waals surface area contributed by atoms with E-state index in [1.54, 1.807) is 18.2 Å². The minimum absolute atomic E-state index is 0.0563. The molecule has 8 heteroatoms. The van der Waals surface area contributed by atoms with Crippen molar-refractivity contribution < 1.29 is 13.5 Å². The predicted molar refractivity (Wildman–Crippen MR) is 81.7 cm³/mol. The van der Waals surface area contributed by atoms with E-state index in [-0.39, 0.29) is 17.0 Å². The molecule has 0 aliphatic heterocycles. The molecule has 5 nitrogen and oxygen atoms in total. The maximum atomic E-state index is 13.3. The van der Waals surface area contributed by atoms with Gasteiger partial charge in [-0.05, 0) is 29.8 Å². The van der Waals surface area contributed by atoms with Gasteiger partial charge in [0, 0.05) is 16.2 Å². The Labute approximate surface area is 130 Å². The van der Waals surface area contributed by atoms with Gasteiger partial charge < -0.3 is 5.73 Å². The normalized spacial score (nSPS) is 12.1. The molecule has 0 aromatic heterocycles. The standard InChI is InChI=1S/C13H10BrFN2O3S/c14-9-1-2-12(16)13(5-9)21(20)7-8-3-10(15)6-11(4-8)17(18)19/h1-6H,7,16H2. The van der Waals surface area contributed by atoms with Gasteiger partial charge in [0.2, 0.25) is 0 Å². The fourth-order valence-corrected chi connectivity index (χ4v) is 3.48. The highest BCUT2D eigenvalue weighted by Gasteiger charge is 2.14. The molecular formula is C13H10BrFN2O3S. The molecule has 1 atom stereocenters. The van der Waals surface area contributed by atoms with Crippen LogP contribution in [0.2, 0.25) is 0 Å². The van der Waals surface area contributed by atoms with Gasteiger partial charge >= 0.3 is 0 Å². The number of halogens is 2. The summed E-state index contributed by atoms with van der Waals surface area (Å²) in [6.45, 7) is 0. The molecule has 0 amide bonds. The zero-order valence-corrected chi connectivity index (χ0v) is 13.0. The van der Waals surface area contributed by atoms with E-state index in [9.17, 15) is 18.7 Å². The third-order valence-electron chi connectivity index (χ3n) is 2.67. The summed E-state index contributed by atoms with van der Waals surface area (Å²) in [6.07, 6.45) is 0. The summed E-state index contributed by atoms with van der Waals surface area (Å²) in [7, 11) is -1.53. The molecule has 0 saturated carbocycles. The van der Waals surface area contributed by atoms with Crippen LogP contribution in [0.5, 0.6) is 0 Å². The topological polar surface area (TPSA) is 86.2 Å². The van der Waals surface area contributed by atoms with E-state index in [0.717, 1.165) is 12.1 Å². The first-order valence-corrected chi connectivity index (χ1v) is 7.85. The average Bonchev–Trinajstić information content (AvgIpc) is 2.40. The van der Waals surface area contributed by atoms with Gasteiger partial charge in [-0.25, -0.2) is 4.39 Å². The molecule has 21 heavy (non-hydrogen) atoms. The summed E-state index contributed by atoms with van der Waals surface area (Å²) < 4.78 is 26.4. The summed E-state index contributed by atoms with van der Waals surface area (Å²) in [5.41, 5.74) is 6.01. The van der Waals surface area contributed by atoms with E-state index < -0.39 is 21.5 Å². The number of benzene rings is 2. The zero-order chi connectivity index (χ0) is 15.6. The van der Waals surface area contributed by atoms with Crippen LogP contribution in [0.15, 0.2) is 45.8 Å². The van der Waals surface area contributed by atoms with Crippen molar-refractivity contribution in [2.75, 3.05) is 5.73 Å². The number of nitro benzene ring substituents is 1. The van der Waals surface area contributed by atoms with Crippen molar-refractivity contribution in [2.45, 2.75) is 10.6 Å². The minimum atomic E-state index is -1.53. The molecule has 0 aliphatic rings. The lowest BCUT2D eigenvalue weighted by Gasteiger charge is -2.07. The molecule has 0 spiro atoms. The summed E-state index contributed by atoms with van der Waals surface area (Å²) >= 11 is 3.25. The second-order valence-corrected chi connectivity index (χ2v) is 6.58. The van der Waals surface area contributed by atoms with Gasteiger partial charge in [0.05, 0.1) is 32.4 Å². The van der Waals surface area contributed by atoms with Crippen LogP contribution < -0.4 is 5.73 Å². The first-order chi connectivity index (χ1) is 9.86. The monoisotopic (exact) mass is 372 g/mol. The summed E-state index contributed by atoms with van der Waals surface area (Å²) in [6, 6.07) is 8.07. The molecule has 1 unspecified atom stereocenters. The van der Waals surface area contributed by atoms with E-state index in [2.05, 4.69) is 15.9 Å². The highest BCUT2D eigenvalue weighted by atomic mass is 79.9. The van der Waals surface area contributed by atoms with Gasteiger partial charge in [0.15, 0.2) is 0 Å². The molecule has 0 radical (unpaired) electrons. The highest BCUT2D eigenvalue weighted by molar-refractivity contribution is 9.10. The lowest BCUT2D eigenvalue weighted by molar-refractivity contribution is -0.385. The lowest BCUT2D eigenvalue weighted by Crippen LogP contribution is -2.02. The second kappa shape index (κ2) is 6.31. The molecule has 2 aromatic carbocycles. The molecule has 110 valence electrons. The van der Waals surface area contributed by atoms with Crippen LogP contribution in [0, 0.1) is 15.9 Å². The van der Waals surface area contributed by atoms with Crippen LogP contribution in [0.1, 0.15) is 5.56 Å². The molecule has 0 heterocycles. The fourth-order valence-electron chi connectivity index (χ4n) is 1.76. The number of non-ortho nitro benzene ring substituents is 1. The number of nitrogen functional groups attached to an aromatic ring is 1. The quantitative estimate of drug-likeness (QED) is 0.506. The molecular weight excluding hydrogens is 363 g/mol. The lowest BCUT2D eigenvalue weighted by atomic mass is 10.2. The number of hydrogen-bond donors (Lipinski definition) is 1. The smallest absolute Gasteiger partial charge is 0.272 e. The average molecular weight is 373 g/mol. The van der Waals surface area contributed by atoms with E-state index in [0.29, 0.717) is 15.1 Å². The Morgan fingerprint density at radius 3 is 2.67 bits per heavy atom. The first kappa shape index (κ1) is 15.6. The van der Waals surface area contributed by atoms with Crippen molar-refractivity contribution >= 4 is 38.1 Å². The third kappa shape index (κ3) is 3.85. The van der Waals surface area contributed by atoms with Crippen molar-refractivity contribution in [3.63, 3.8) is 0 Å². The minimum Gasteiger partial charge on any atom is -0.398 e. The Bertz CT molecular complexity index is 739. The molecule has 2 N–H and O–H groups in total. The van der Waals surface area contributed by atoms with Gasteiger partial charge in [-0.15, -0.1) is 0 Å². The Morgan fingerprint density at radius 2 is 2.00 bits per heavy atom. The number of hydrogen-bond acceptors (Lipinski definition) is 4. The van der Waals surface area contributed by atoms with Crippen molar-refractivity contribution in [1.29, 1.82) is 0 Å². The molecule has 2 aromatic rings. The Morgan fingerprint density at radius 1 is 1.29 bits per heavy atom. The maximum Gasteiger partial charge on any atom is 0.272 e. The van der Waals surface area contributed by atoms with Crippen molar-refractivity contribution in [1.82, 2.24) is 0 Å². The van der Waals surface area contributed by atoms with Crippen LogP contribution in [0.25, 0.3) is 0 Å². The van der Waals surface area contributed by atoms with E-state index >= 15 is 0 Å². The predicted octanol–water partition coefficient (Wildman–Crippen LogP) is 3.39. The van der Waals surface area contributed by atoms with Gasteiger partial charge in [-0.3, -0.25) is 14.3 Å². The largest absolute Gasteiger partial charge is 0.398 e. The third-order valence-corrected chi connectivity index (χ3v) is 4.60. The van der Waals surface area contributed by atoms with Crippen LogP contribution in [0.3, 0.4) is 0 Å². The molecule has 0 aliphatic carbocycles. The van der Waals surface area contributed by atoms with Crippen LogP contribution in [-0.4, -0.2) is 9.13 Å². The van der Waals surface area contributed by atoms with Gasteiger partial charge in [-0.1, -0.05) is 15.9 Å². The van der Waals surface area contributed by atoms with Gasteiger partial charge in [0.1, 0.15) is 5.82 Å². The molecule has 0 bridgehead atoms. The Balaban J connectivity index is 2.31. The number of nitrogens with two attached hydrogens (primary N) is 1. The summed E-state index contributed by atoms with van der Waals surface area (Å²) in [4.78, 5) is 10.4. The number of nitrogens with zero attached hydrogens (tertiary/aromatic N) is 1. The van der Waals surface area contributed by atoms with Gasteiger partial charge in [0.25, 0.3) is 5.69 Å². The summed E-state index contributed by atoms with van der Waals surface area (Å²) in [5.74, 6) is -0.794. The van der Waals surface area contributed by atoms with E-state index in [1.165, 1.54) is 6.07 Å². The zero-order valence-electron chi connectivity index (χ0n) is 10.6. The SMILES string of the molecule is Nc1ccc(Br)cc1S(=O)Cc1cc(F)cc([N+](=O)[O-])c1. The first-order valence-electron chi connectivity index (χ1n) is 5.74. The molecule has 2 rings (SSSR count). The number of nitro groups is 1. The fraction of sp³-hybridized carbons (Fsp3) is 0.0769. The van der Waals surface area contributed by atoms with Crippen LogP contribution >= 0.6 is 15.9 Å². The maximum absolute atomic E-state index is 13.3. The highest BCUT2D eigenvalue weighted by Crippen LogP contribution is 2.25. The Kier molecular flexibility index (Phi) is 4.69. The number of rotatable bonds is 4. The van der Waals surface area contributed by atoms with E-state index in [1.807, 2.05) is 0 Å². The van der Waals surface area contributed by atoms with Crippen LogP contribution in [0.4, 0.5) is 15.8 Å². The van der Waals surface area contributed by atoms with Crippen molar-refractivity contribution in [2.24, 2.45) is 0 Å². The summed E-state index contributed by atoms with van der Waals surface area (Å²) in [5, 5.41) is 10.7.